The Morgan fingerprint density at radius 1 is 1.25 bits per heavy atom. The Morgan fingerprint density at radius 2 is 2.11 bits per heavy atom. The van der Waals surface area contributed by atoms with Crippen LogP contribution >= 0.6 is 11.8 Å². The molecule has 0 spiro atoms. The van der Waals surface area contributed by atoms with Crippen molar-refractivity contribution in [3.8, 4) is 0 Å². The zero-order valence-electron chi connectivity index (χ0n) is 17.1. The van der Waals surface area contributed by atoms with Gasteiger partial charge in [-0.05, 0) is 58.2 Å². The van der Waals surface area contributed by atoms with Gasteiger partial charge in [-0.2, -0.15) is 5.10 Å². The second-order valence-electron chi connectivity index (χ2n) is 7.70. The van der Waals surface area contributed by atoms with Crippen molar-refractivity contribution in [3.05, 3.63) is 52.3 Å². The van der Waals surface area contributed by atoms with Crippen LogP contribution in [0.4, 0.5) is 5.69 Å². The summed E-state index contributed by atoms with van der Waals surface area (Å²) in [6.07, 6.45) is 2.67. The standard InChI is InChI=1S/C22H28N4OS/c1-14-7-8-20(15(2)10-14)23-22-25-24-21(13-28-22)19-11-16(3)26(17(19)4)12-18-6-5-9-27-18/h7-8,10-11,18H,5-6,9,12-13H2,1-4H3,(H,23,25)/t18-/m1/s1. The van der Waals surface area contributed by atoms with Gasteiger partial charge in [-0.3, -0.25) is 5.43 Å². The number of hydrogen-bond donors (Lipinski definition) is 1. The SMILES string of the molecule is Cc1ccc(N=C2NN=C(c3cc(C)n(C[C@H]4CCCO4)c3C)CS2)c(C)c1. The minimum atomic E-state index is 0.343. The maximum atomic E-state index is 5.83. The number of aliphatic imine (C=N–C) groups is 1. The minimum absolute atomic E-state index is 0.343. The summed E-state index contributed by atoms with van der Waals surface area (Å²) in [6.45, 7) is 10.4. The lowest BCUT2D eigenvalue weighted by Gasteiger charge is -2.17. The van der Waals surface area contributed by atoms with Crippen molar-refractivity contribution in [1.82, 2.24) is 9.99 Å². The molecule has 0 unspecified atom stereocenters. The van der Waals surface area contributed by atoms with Gasteiger partial charge < -0.3 is 9.30 Å². The highest BCUT2D eigenvalue weighted by Gasteiger charge is 2.22. The fourth-order valence-corrected chi connectivity index (χ4v) is 4.68. The van der Waals surface area contributed by atoms with Gasteiger partial charge in [-0.15, -0.1) is 0 Å². The van der Waals surface area contributed by atoms with Crippen LogP contribution < -0.4 is 5.43 Å². The molecular formula is C22H28N4OS. The third-order valence-corrected chi connectivity index (χ3v) is 6.37. The van der Waals surface area contributed by atoms with Gasteiger partial charge in [0.15, 0.2) is 5.17 Å². The molecule has 1 N–H and O–H groups in total. The summed E-state index contributed by atoms with van der Waals surface area (Å²) in [5.41, 5.74) is 11.4. The van der Waals surface area contributed by atoms with Crippen LogP contribution in [0, 0.1) is 27.7 Å². The molecule has 5 nitrogen and oxygen atoms in total. The van der Waals surface area contributed by atoms with E-state index in [0.29, 0.717) is 6.10 Å². The summed E-state index contributed by atoms with van der Waals surface area (Å²) in [5.74, 6) is 0.820. The van der Waals surface area contributed by atoms with Crippen LogP contribution in [0.1, 0.15) is 40.9 Å². The largest absolute Gasteiger partial charge is 0.376 e. The van der Waals surface area contributed by atoms with E-state index in [1.54, 1.807) is 11.8 Å². The van der Waals surface area contributed by atoms with Crippen LogP contribution in [0.25, 0.3) is 0 Å². The average molecular weight is 397 g/mol. The van der Waals surface area contributed by atoms with E-state index in [9.17, 15) is 0 Å². The second kappa shape index (κ2) is 8.13. The summed E-state index contributed by atoms with van der Waals surface area (Å²) in [7, 11) is 0. The Hall–Kier alpha value is -2.05. The molecular weight excluding hydrogens is 368 g/mol. The lowest BCUT2D eigenvalue weighted by atomic mass is 10.1. The highest BCUT2D eigenvalue weighted by molar-refractivity contribution is 8.14. The number of ether oxygens (including phenoxy) is 1. The third kappa shape index (κ3) is 4.03. The Balaban J connectivity index is 1.51. The Bertz CT molecular complexity index is 938. The molecule has 1 saturated heterocycles. The number of nitrogens with one attached hydrogen (secondary N) is 1. The number of nitrogens with zero attached hydrogens (tertiary/aromatic N) is 3. The van der Waals surface area contributed by atoms with E-state index in [-0.39, 0.29) is 0 Å². The van der Waals surface area contributed by atoms with Gasteiger partial charge in [0.25, 0.3) is 0 Å². The van der Waals surface area contributed by atoms with Crippen LogP contribution in [-0.4, -0.2) is 33.9 Å². The number of rotatable bonds is 4. The van der Waals surface area contributed by atoms with Gasteiger partial charge in [-0.1, -0.05) is 29.5 Å². The number of aryl methyl sites for hydroxylation is 3. The molecule has 148 valence electrons. The van der Waals surface area contributed by atoms with Crippen LogP contribution in [0.2, 0.25) is 0 Å². The maximum Gasteiger partial charge on any atom is 0.182 e. The average Bonchev–Trinajstić information content (AvgIpc) is 3.29. The van der Waals surface area contributed by atoms with Gasteiger partial charge in [0.2, 0.25) is 0 Å². The topological polar surface area (TPSA) is 50.9 Å². The fraction of sp³-hybridized carbons (Fsp3) is 0.455. The van der Waals surface area contributed by atoms with Gasteiger partial charge >= 0.3 is 0 Å². The first kappa shape index (κ1) is 19.3. The predicted octanol–water partition coefficient (Wildman–Crippen LogP) is 4.63. The van der Waals surface area contributed by atoms with Gasteiger partial charge in [-0.25, -0.2) is 4.99 Å². The minimum Gasteiger partial charge on any atom is -0.376 e. The number of thioether (sulfide) groups is 1. The molecule has 0 saturated carbocycles. The summed E-state index contributed by atoms with van der Waals surface area (Å²) in [4.78, 5) is 4.74. The van der Waals surface area contributed by atoms with Crippen LogP contribution in [0.5, 0.6) is 0 Å². The van der Waals surface area contributed by atoms with Crippen LogP contribution in [0.15, 0.2) is 34.4 Å². The molecule has 0 amide bonds. The molecule has 0 radical (unpaired) electrons. The van der Waals surface area contributed by atoms with E-state index >= 15 is 0 Å². The maximum absolute atomic E-state index is 5.83. The Labute approximate surface area is 171 Å². The highest BCUT2D eigenvalue weighted by atomic mass is 32.2. The summed E-state index contributed by atoms with van der Waals surface area (Å²) in [6, 6.07) is 8.57. The van der Waals surface area contributed by atoms with Gasteiger partial charge in [0, 0.05) is 35.9 Å². The van der Waals surface area contributed by atoms with Crippen molar-refractivity contribution in [2.75, 3.05) is 12.4 Å². The van der Waals surface area contributed by atoms with Crippen molar-refractivity contribution in [1.29, 1.82) is 0 Å². The quantitative estimate of drug-likeness (QED) is 0.820. The van der Waals surface area contributed by atoms with E-state index in [1.165, 1.54) is 34.5 Å². The van der Waals surface area contributed by atoms with Crippen molar-refractivity contribution < 1.29 is 4.74 Å². The molecule has 6 heteroatoms. The number of aromatic nitrogens is 1. The van der Waals surface area contributed by atoms with E-state index < -0.39 is 0 Å². The third-order valence-electron chi connectivity index (χ3n) is 5.50. The second-order valence-corrected chi connectivity index (χ2v) is 8.66. The molecule has 1 aromatic carbocycles. The van der Waals surface area contributed by atoms with Crippen molar-refractivity contribution >= 4 is 28.3 Å². The first-order valence-corrected chi connectivity index (χ1v) is 10.9. The van der Waals surface area contributed by atoms with E-state index in [4.69, 9.17) is 9.73 Å². The van der Waals surface area contributed by atoms with Crippen molar-refractivity contribution in [2.24, 2.45) is 10.1 Å². The first-order valence-electron chi connectivity index (χ1n) is 9.91. The number of benzene rings is 1. The van der Waals surface area contributed by atoms with E-state index in [2.05, 4.69) is 67.1 Å². The molecule has 2 aromatic rings. The highest BCUT2D eigenvalue weighted by Crippen LogP contribution is 2.25. The molecule has 2 aliphatic heterocycles. The lowest BCUT2D eigenvalue weighted by molar-refractivity contribution is 0.0962. The summed E-state index contributed by atoms with van der Waals surface area (Å²) < 4.78 is 8.20. The number of hydrogen-bond acceptors (Lipinski definition) is 4. The fourth-order valence-electron chi connectivity index (χ4n) is 3.92. The van der Waals surface area contributed by atoms with Crippen molar-refractivity contribution in [3.63, 3.8) is 0 Å². The molecule has 0 aliphatic carbocycles. The van der Waals surface area contributed by atoms with Crippen molar-refractivity contribution in [2.45, 2.75) is 53.2 Å². The predicted molar refractivity (Wildman–Crippen MR) is 118 cm³/mol. The molecule has 28 heavy (non-hydrogen) atoms. The molecule has 4 rings (SSSR count). The van der Waals surface area contributed by atoms with E-state index in [1.807, 2.05) is 0 Å². The van der Waals surface area contributed by atoms with Crippen LogP contribution in [-0.2, 0) is 11.3 Å². The Kier molecular flexibility index (Phi) is 5.60. The Morgan fingerprint density at radius 3 is 2.79 bits per heavy atom. The first-order chi connectivity index (χ1) is 13.5. The normalized spacial score (nSPS) is 21.1. The molecule has 1 fully saturated rings. The van der Waals surface area contributed by atoms with Gasteiger partial charge in [0.05, 0.1) is 17.5 Å². The molecule has 0 bridgehead atoms. The molecule has 3 heterocycles. The number of amidine groups is 1. The molecule has 1 atom stereocenters. The summed E-state index contributed by atoms with van der Waals surface area (Å²) in [5, 5.41) is 5.49. The lowest BCUT2D eigenvalue weighted by Crippen LogP contribution is -2.25. The van der Waals surface area contributed by atoms with Gasteiger partial charge in [0.1, 0.15) is 0 Å². The molecule has 2 aliphatic rings. The molecule has 1 aromatic heterocycles. The van der Waals surface area contributed by atoms with Crippen LogP contribution in [0.3, 0.4) is 0 Å². The zero-order chi connectivity index (χ0) is 19.7. The zero-order valence-corrected chi connectivity index (χ0v) is 17.9. The summed E-state index contributed by atoms with van der Waals surface area (Å²) >= 11 is 1.70. The smallest absolute Gasteiger partial charge is 0.182 e. The number of hydrazone groups is 1. The van der Waals surface area contributed by atoms with E-state index in [0.717, 1.165) is 41.9 Å². The monoisotopic (exact) mass is 396 g/mol.